The van der Waals surface area contributed by atoms with Crippen molar-refractivity contribution < 1.29 is 14.6 Å². The smallest absolute Gasteiger partial charge is 0.163 e. The van der Waals surface area contributed by atoms with Gasteiger partial charge in [0.15, 0.2) is 11.5 Å². The molecule has 1 unspecified atom stereocenters. The molecule has 5 rings (SSSR count). The van der Waals surface area contributed by atoms with E-state index in [4.69, 9.17) is 14.5 Å². The fourth-order valence-corrected chi connectivity index (χ4v) is 5.53. The molecule has 2 aliphatic carbocycles. The summed E-state index contributed by atoms with van der Waals surface area (Å²) in [5.74, 6) is 2.52. The van der Waals surface area contributed by atoms with Crippen LogP contribution < -0.4 is 14.8 Å². The van der Waals surface area contributed by atoms with Gasteiger partial charge in [-0.15, -0.1) is 0 Å². The Morgan fingerprint density at radius 1 is 1.06 bits per heavy atom. The summed E-state index contributed by atoms with van der Waals surface area (Å²) in [4.78, 5) is 7.52. The van der Waals surface area contributed by atoms with E-state index < -0.39 is 0 Å². The standard InChI is InChI=1S/C25H35N3O3/c1-30-23-15-19-17-7-4-8-18(17)25(26-20-9-5-10-22(20)29)27-21(19)16-24(23)31-14-6-13-28-11-2-3-12-28/h15-16,20,22,29H,2-14H2,1H3,(H,26,27)/t20?,22-/m0/s1. The predicted molar refractivity (Wildman–Crippen MR) is 123 cm³/mol. The Bertz CT molecular complexity index is 926. The number of fused-ring (bicyclic) bond motifs is 3. The Morgan fingerprint density at radius 2 is 1.90 bits per heavy atom. The van der Waals surface area contributed by atoms with Crippen LogP contribution in [-0.4, -0.2) is 60.5 Å². The van der Waals surface area contributed by atoms with Crippen LogP contribution in [-0.2, 0) is 12.8 Å². The van der Waals surface area contributed by atoms with Crippen molar-refractivity contribution in [3.63, 3.8) is 0 Å². The molecule has 1 saturated carbocycles. The topological polar surface area (TPSA) is 66.8 Å². The molecule has 1 aromatic heterocycles. The van der Waals surface area contributed by atoms with Crippen molar-refractivity contribution in [2.75, 3.05) is 38.7 Å². The van der Waals surface area contributed by atoms with Gasteiger partial charge >= 0.3 is 0 Å². The first kappa shape index (κ1) is 20.8. The molecule has 0 amide bonds. The molecule has 168 valence electrons. The van der Waals surface area contributed by atoms with E-state index in [1.165, 1.54) is 42.4 Å². The number of benzene rings is 1. The van der Waals surface area contributed by atoms with Gasteiger partial charge in [-0.2, -0.15) is 0 Å². The lowest BCUT2D eigenvalue weighted by Gasteiger charge is -2.21. The molecule has 31 heavy (non-hydrogen) atoms. The fourth-order valence-electron chi connectivity index (χ4n) is 5.53. The van der Waals surface area contributed by atoms with Gasteiger partial charge in [-0.1, -0.05) is 0 Å². The number of rotatable bonds is 8. The van der Waals surface area contributed by atoms with E-state index >= 15 is 0 Å². The predicted octanol–water partition coefficient (Wildman–Crippen LogP) is 3.92. The number of pyridine rings is 1. The third kappa shape index (κ3) is 4.33. The van der Waals surface area contributed by atoms with Gasteiger partial charge in [-0.3, -0.25) is 0 Å². The quantitative estimate of drug-likeness (QED) is 0.625. The second kappa shape index (κ2) is 9.21. The molecular weight excluding hydrogens is 390 g/mol. The van der Waals surface area contributed by atoms with E-state index in [9.17, 15) is 5.11 Å². The van der Waals surface area contributed by atoms with E-state index in [0.717, 1.165) is 74.3 Å². The summed E-state index contributed by atoms with van der Waals surface area (Å²) in [7, 11) is 1.71. The molecule has 0 spiro atoms. The van der Waals surface area contributed by atoms with Crippen LogP contribution >= 0.6 is 0 Å². The van der Waals surface area contributed by atoms with Crippen LogP contribution in [0.2, 0.25) is 0 Å². The highest BCUT2D eigenvalue weighted by Gasteiger charge is 2.28. The normalized spacial score (nSPS) is 23.4. The van der Waals surface area contributed by atoms with Crippen molar-refractivity contribution in [3.05, 3.63) is 23.3 Å². The van der Waals surface area contributed by atoms with Gasteiger partial charge in [0.05, 0.1) is 31.4 Å². The van der Waals surface area contributed by atoms with Crippen molar-refractivity contribution in [3.8, 4) is 11.5 Å². The van der Waals surface area contributed by atoms with Crippen molar-refractivity contribution in [1.82, 2.24) is 9.88 Å². The lowest BCUT2D eigenvalue weighted by atomic mass is 10.0. The summed E-state index contributed by atoms with van der Waals surface area (Å²) in [6, 6.07) is 4.25. The SMILES string of the molecule is COc1cc2c3c(c(NC4CCC[C@@H]4O)nc2cc1OCCCN1CCCC1)CCC3. The van der Waals surface area contributed by atoms with Crippen molar-refractivity contribution >= 4 is 16.7 Å². The highest BCUT2D eigenvalue weighted by Crippen LogP contribution is 2.40. The van der Waals surface area contributed by atoms with Gasteiger partial charge in [0.1, 0.15) is 5.82 Å². The zero-order valence-electron chi connectivity index (χ0n) is 18.7. The van der Waals surface area contributed by atoms with Crippen molar-refractivity contribution in [1.29, 1.82) is 0 Å². The maximum absolute atomic E-state index is 10.3. The van der Waals surface area contributed by atoms with E-state index in [-0.39, 0.29) is 12.1 Å². The van der Waals surface area contributed by atoms with E-state index in [2.05, 4.69) is 16.3 Å². The molecule has 2 N–H and O–H groups in total. The number of hydrogen-bond donors (Lipinski definition) is 2. The minimum Gasteiger partial charge on any atom is -0.493 e. The molecule has 6 heteroatoms. The number of likely N-dealkylation sites (tertiary alicyclic amines) is 1. The molecule has 0 radical (unpaired) electrons. The minimum atomic E-state index is -0.278. The molecule has 2 fully saturated rings. The number of aliphatic hydroxyl groups is 1. The third-order valence-electron chi connectivity index (χ3n) is 7.22. The summed E-state index contributed by atoms with van der Waals surface area (Å²) in [5.41, 5.74) is 3.64. The van der Waals surface area contributed by atoms with Gasteiger partial charge in [0, 0.05) is 18.0 Å². The van der Waals surface area contributed by atoms with Crippen LogP contribution in [0.15, 0.2) is 12.1 Å². The molecular formula is C25H35N3O3. The van der Waals surface area contributed by atoms with Crippen molar-refractivity contribution in [2.24, 2.45) is 0 Å². The third-order valence-corrected chi connectivity index (χ3v) is 7.22. The van der Waals surface area contributed by atoms with Crippen LogP contribution in [0.3, 0.4) is 0 Å². The second-order valence-corrected chi connectivity index (χ2v) is 9.29. The molecule has 1 aliphatic heterocycles. The highest BCUT2D eigenvalue weighted by molar-refractivity contribution is 5.89. The second-order valence-electron chi connectivity index (χ2n) is 9.29. The van der Waals surface area contributed by atoms with Gasteiger partial charge in [0.2, 0.25) is 0 Å². The first-order valence-electron chi connectivity index (χ1n) is 12.1. The molecule has 6 nitrogen and oxygen atoms in total. The Kier molecular flexibility index (Phi) is 6.19. The van der Waals surface area contributed by atoms with Crippen LogP contribution in [0.1, 0.15) is 56.1 Å². The summed E-state index contributed by atoms with van der Waals surface area (Å²) in [6.07, 6.45) is 9.59. The summed E-state index contributed by atoms with van der Waals surface area (Å²) < 4.78 is 11.8. The van der Waals surface area contributed by atoms with E-state index in [0.29, 0.717) is 6.61 Å². The number of anilines is 1. The number of methoxy groups -OCH3 is 1. The average molecular weight is 426 g/mol. The number of ether oxygens (including phenoxy) is 2. The first-order chi connectivity index (χ1) is 15.2. The Labute approximate surface area is 184 Å². The number of aliphatic hydroxyl groups excluding tert-OH is 1. The molecule has 2 aromatic rings. The zero-order valence-corrected chi connectivity index (χ0v) is 18.7. The van der Waals surface area contributed by atoms with Gasteiger partial charge in [0.25, 0.3) is 0 Å². The maximum atomic E-state index is 10.3. The lowest BCUT2D eigenvalue weighted by molar-refractivity contribution is 0.171. The zero-order chi connectivity index (χ0) is 21.2. The Balaban J connectivity index is 1.38. The lowest BCUT2D eigenvalue weighted by Crippen LogP contribution is -2.29. The summed E-state index contributed by atoms with van der Waals surface area (Å²) >= 11 is 0. The Hall–Kier alpha value is -2.05. The first-order valence-corrected chi connectivity index (χ1v) is 12.1. The number of aryl methyl sites for hydroxylation is 1. The molecule has 1 saturated heterocycles. The molecule has 2 atom stereocenters. The minimum absolute atomic E-state index is 0.106. The van der Waals surface area contributed by atoms with Gasteiger partial charge in [-0.05, 0) is 88.1 Å². The van der Waals surface area contributed by atoms with E-state index in [1.54, 1.807) is 7.11 Å². The number of aromatic nitrogens is 1. The molecule has 2 heterocycles. The fraction of sp³-hybridized carbons (Fsp3) is 0.640. The maximum Gasteiger partial charge on any atom is 0.163 e. The average Bonchev–Trinajstić information content (AvgIpc) is 3.54. The number of hydrogen-bond acceptors (Lipinski definition) is 6. The molecule has 1 aromatic carbocycles. The van der Waals surface area contributed by atoms with Crippen LogP contribution in [0.4, 0.5) is 5.82 Å². The van der Waals surface area contributed by atoms with Gasteiger partial charge in [-0.25, -0.2) is 4.98 Å². The van der Waals surface area contributed by atoms with Crippen molar-refractivity contribution in [2.45, 2.75) is 69.9 Å². The molecule has 0 bridgehead atoms. The van der Waals surface area contributed by atoms with Crippen LogP contribution in [0.5, 0.6) is 11.5 Å². The monoisotopic (exact) mass is 425 g/mol. The van der Waals surface area contributed by atoms with Crippen LogP contribution in [0, 0.1) is 0 Å². The molecule has 3 aliphatic rings. The highest BCUT2D eigenvalue weighted by atomic mass is 16.5. The largest absolute Gasteiger partial charge is 0.493 e. The van der Waals surface area contributed by atoms with Crippen LogP contribution in [0.25, 0.3) is 10.9 Å². The van der Waals surface area contributed by atoms with Gasteiger partial charge < -0.3 is 24.8 Å². The Morgan fingerprint density at radius 3 is 2.68 bits per heavy atom. The van der Waals surface area contributed by atoms with E-state index in [1.807, 2.05) is 6.07 Å². The summed E-state index contributed by atoms with van der Waals surface area (Å²) in [5, 5.41) is 15.0. The summed E-state index contributed by atoms with van der Waals surface area (Å²) in [6.45, 7) is 4.22. The number of nitrogens with one attached hydrogen (secondary N) is 1. The number of nitrogens with zero attached hydrogens (tertiary/aromatic N) is 2.